The molecule has 0 saturated heterocycles. The van der Waals surface area contributed by atoms with Crippen LogP contribution in [0.25, 0.3) is 0 Å². The zero-order chi connectivity index (χ0) is 25.4. The molecule has 0 spiro atoms. The fourth-order valence-corrected chi connectivity index (χ4v) is 3.80. The predicted molar refractivity (Wildman–Crippen MR) is 136 cm³/mol. The molecule has 1 unspecified atom stereocenters. The number of benzene rings is 3. The molecule has 5 nitrogen and oxygen atoms in total. The lowest BCUT2D eigenvalue weighted by molar-refractivity contribution is -0.143. The average Bonchev–Trinajstić information content (AvgIpc) is 2.81. The number of hydrogen-bond acceptors (Lipinski definition) is 3. The molecule has 0 bridgehead atoms. The highest BCUT2D eigenvalue weighted by Gasteiger charge is 2.32. The van der Waals surface area contributed by atoms with Gasteiger partial charge in [0.05, 0.1) is 0 Å². The van der Waals surface area contributed by atoms with Crippen molar-refractivity contribution in [3.8, 4) is 5.75 Å². The van der Waals surface area contributed by atoms with E-state index in [4.69, 9.17) is 16.3 Å². The van der Waals surface area contributed by atoms with E-state index in [1.165, 1.54) is 17.0 Å². The first-order chi connectivity index (χ1) is 16.6. The lowest BCUT2D eigenvalue weighted by Gasteiger charge is -2.34. The maximum absolute atomic E-state index is 14.1. The summed E-state index contributed by atoms with van der Waals surface area (Å²) in [7, 11) is 0. The second-order valence-electron chi connectivity index (χ2n) is 9.28. The van der Waals surface area contributed by atoms with Crippen molar-refractivity contribution in [2.24, 2.45) is 0 Å². The number of rotatable bonds is 9. The number of halogens is 2. The molecule has 3 rings (SSSR count). The highest BCUT2D eigenvalue weighted by atomic mass is 35.5. The largest absolute Gasteiger partial charge is 0.481 e. The number of amides is 2. The number of carbonyl (C=O) groups excluding carboxylic acids is 2. The first-order valence-electron chi connectivity index (χ1n) is 11.4. The van der Waals surface area contributed by atoms with E-state index in [0.717, 1.165) is 5.56 Å². The van der Waals surface area contributed by atoms with E-state index in [0.29, 0.717) is 17.0 Å². The van der Waals surface area contributed by atoms with Gasteiger partial charge >= 0.3 is 0 Å². The maximum atomic E-state index is 14.1. The van der Waals surface area contributed by atoms with Crippen molar-refractivity contribution in [3.05, 3.63) is 101 Å². The van der Waals surface area contributed by atoms with Gasteiger partial charge in [-0.25, -0.2) is 4.39 Å². The molecule has 184 valence electrons. The summed E-state index contributed by atoms with van der Waals surface area (Å²) in [5.41, 5.74) is 1.08. The summed E-state index contributed by atoms with van der Waals surface area (Å²) >= 11 is 6.40. The van der Waals surface area contributed by atoms with Gasteiger partial charge in [-0.1, -0.05) is 72.3 Å². The van der Waals surface area contributed by atoms with E-state index in [1.807, 2.05) is 63.2 Å². The molecule has 2 amide bonds. The van der Waals surface area contributed by atoms with E-state index in [2.05, 4.69) is 5.32 Å². The van der Waals surface area contributed by atoms with E-state index >= 15 is 0 Å². The average molecular weight is 497 g/mol. The minimum absolute atomic E-state index is 0.0303. The molecule has 0 aromatic heterocycles. The molecular formula is C28H30ClFN2O3. The number of hydrogen-bond donors (Lipinski definition) is 1. The molecule has 35 heavy (non-hydrogen) atoms. The van der Waals surface area contributed by atoms with E-state index in [-0.39, 0.29) is 18.2 Å². The molecule has 0 saturated carbocycles. The van der Waals surface area contributed by atoms with Gasteiger partial charge in [0.1, 0.15) is 6.04 Å². The van der Waals surface area contributed by atoms with Crippen LogP contribution in [0.5, 0.6) is 5.75 Å². The molecule has 0 fully saturated rings. The standard InChI is InChI=1S/C28H30ClFN2O3/c1-28(2,3)31-27(34)24(17-20-11-5-4-6-12-20)32(18-21-13-7-8-14-22(21)29)26(33)19-35-25-16-10-9-15-23(25)30/h4-16,24H,17-19H2,1-3H3,(H,31,34). The number of carbonyl (C=O) groups is 2. The van der Waals surface area contributed by atoms with Gasteiger partial charge in [-0.05, 0) is 50.1 Å². The van der Waals surface area contributed by atoms with Gasteiger partial charge in [0, 0.05) is 23.5 Å². The predicted octanol–water partition coefficient (Wildman–Crippen LogP) is 5.41. The van der Waals surface area contributed by atoms with Crippen LogP contribution in [0.3, 0.4) is 0 Å². The van der Waals surface area contributed by atoms with Crippen LogP contribution < -0.4 is 10.1 Å². The van der Waals surface area contributed by atoms with Gasteiger partial charge in [-0.2, -0.15) is 0 Å². The summed E-state index contributed by atoms with van der Waals surface area (Å²) in [6, 6.07) is 21.7. The highest BCUT2D eigenvalue weighted by Crippen LogP contribution is 2.22. The van der Waals surface area contributed by atoms with Crippen molar-refractivity contribution in [3.63, 3.8) is 0 Å². The molecule has 0 aliphatic heterocycles. The Bertz CT molecular complexity index is 1150. The Morgan fingerprint density at radius 3 is 2.26 bits per heavy atom. The monoisotopic (exact) mass is 496 g/mol. The Balaban J connectivity index is 1.95. The molecule has 7 heteroatoms. The Kier molecular flexibility index (Phi) is 8.88. The molecule has 3 aromatic rings. The summed E-state index contributed by atoms with van der Waals surface area (Å²) in [6.07, 6.45) is 0.290. The van der Waals surface area contributed by atoms with Crippen LogP contribution in [0.15, 0.2) is 78.9 Å². The minimum atomic E-state index is -0.843. The van der Waals surface area contributed by atoms with Gasteiger partial charge in [0.25, 0.3) is 5.91 Å². The second-order valence-corrected chi connectivity index (χ2v) is 9.68. The van der Waals surface area contributed by atoms with Crippen LogP contribution >= 0.6 is 11.6 Å². The number of ether oxygens (including phenoxy) is 1. The first-order valence-corrected chi connectivity index (χ1v) is 11.8. The summed E-state index contributed by atoms with van der Waals surface area (Å²) in [6.45, 7) is 5.30. The molecule has 3 aromatic carbocycles. The van der Waals surface area contributed by atoms with Crippen molar-refractivity contribution in [1.29, 1.82) is 0 Å². The molecule has 1 atom stereocenters. The number of nitrogens with one attached hydrogen (secondary N) is 1. The van der Waals surface area contributed by atoms with Crippen LogP contribution in [0.4, 0.5) is 4.39 Å². The van der Waals surface area contributed by atoms with Gasteiger partial charge < -0.3 is 15.0 Å². The van der Waals surface area contributed by atoms with E-state index in [1.54, 1.807) is 24.3 Å². The Morgan fingerprint density at radius 2 is 1.60 bits per heavy atom. The second kappa shape index (κ2) is 11.8. The fraction of sp³-hybridized carbons (Fsp3) is 0.286. The SMILES string of the molecule is CC(C)(C)NC(=O)C(Cc1ccccc1)N(Cc1ccccc1Cl)C(=O)COc1ccccc1F. The van der Waals surface area contributed by atoms with Crippen molar-refractivity contribution in [2.75, 3.05) is 6.61 Å². The van der Waals surface area contributed by atoms with Gasteiger partial charge in [0.2, 0.25) is 5.91 Å². The normalized spacial score (nSPS) is 12.0. The molecule has 0 aliphatic carbocycles. The zero-order valence-corrected chi connectivity index (χ0v) is 20.9. The quantitative estimate of drug-likeness (QED) is 0.430. The lowest BCUT2D eigenvalue weighted by atomic mass is 10.0. The lowest BCUT2D eigenvalue weighted by Crippen LogP contribution is -2.55. The van der Waals surface area contributed by atoms with Crippen LogP contribution in [-0.4, -0.2) is 34.9 Å². The smallest absolute Gasteiger partial charge is 0.261 e. The van der Waals surface area contributed by atoms with Crippen molar-refractivity contribution >= 4 is 23.4 Å². The summed E-state index contributed by atoms with van der Waals surface area (Å²) in [5.74, 6) is -1.35. The van der Waals surface area contributed by atoms with E-state index in [9.17, 15) is 14.0 Å². The third kappa shape index (κ3) is 7.82. The zero-order valence-electron chi connectivity index (χ0n) is 20.1. The third-order valence-corrected chi connectivity index (χ3v) is 5.62. The Labute approximate surface area is 210 Å². The number of para-hydroxylation sites is 1. The van der Waals surface area contributed by atoms with Crippen molar-refractivity contribution < 1.29 is 18.7 Å². The molecular weight excluding hydrogens is 467 g/mol. The van der Waals surface area contributed by atoms with Crippen LogP contribution in [0.1, 0.15) is 31.9 Å². The summed E-state index contributed by atoms with van der Waals surface area (Å²) < 4.78 is 19.6. The summed E-state index contributed by atoms with van der Waals surface area (Å²) in [4.78, 5) is 28.4. The van der Waals surface area contributed by atoms with Gasteiger partial charge in [-0.3, -0.25) is 9.59 Å². The third-order valence-electron chi connectivity index (χ3n) is 5.26. The van der Waals surface area contributed by atoms with E-state index < -0.39 is 29.9 Å². The van der Waals surface area contributed by atoms with Crippen LogP contribution in [0.2, 0.25) is 5.02 Å². The topological polar surface area (TPSA) is 58.6 Å². The maximum Gasteiger partial charge on any atom is 0.261 e. The summed E-state index contributed by atoms with van der Waals surface area (Å²) in [5, 5.41) is 3.47. The fourth-order valence-electron chi connectivity index (χ4n) is 3.60. The minimum Gasteiger partial charge on any atom is -0.481 e. The number of nitrogens with zero attached hydrogens (tertiary/aromatic N) is 1. The molecule has 0 heterocycles. The molecule has 0 radical (unpaired) electrons. The first kappa shape index (κ1) is 26.2. The Hall–Kier alpha value is -3.38. The Morgan fingerprint density at radius 1 is 0.971 bits per heavy atom. The molecule has 1 N–H and O–H groups in total. The van der Waals surface area contributed by atoms with Crippen molar-refractivity contribution in [1.82, 2.24) is 10.2 Å². The highest BCUT2D eigenvalue weighted by molar-refractivity contribution is 6.31. The van der Waals surface area contributed by atoms with Crippen LogP contribution in [-0.2, 0) is 22.6 Å². The molecule has 0 aliphatic rings. The van der Waals surface area contributed by atoms with Gasteiger partial charge in [0.15, 0.2) is 18.2 Å². The van der Waals surface area contributed by atoms with Crippen molar-refractivity contribution in [2.45, 2.75) is 45.3 Å². The van der Waals surface area contributed by atoms with Crippen LogP contribution in [0, 0.1) is 5.82 Å². The van der Waals surface area contributed by atoms with Gasteiger partial charge in [-0.15, -0.1) is 0 Å².